The van der Waals surface area contributed by atoms with Crippen molar-refractivity contribution in [1.82, 2.24) is 0 Å². The fourth-order valence-electron chi connectivity index (χ4n) is 7.14. The number of carbonyl (C=O) groups is 2. The minimum Gasteiger partial charge on any atom is -0.870 e. The van der Waals surface area contributed by atoms with Crippen molar-refractivity contribution in [3.05, 3.63) is 176 Å². The van der Waals surface area contributed by atoms with E-state index in [-0.39, 0.29) is 53.8 Å². The Hall–Kier alpha value is -4.76. The normalized spacial score (nSPS) is 10.6. The number of aliphatic carboxylic acids is 1. The topological polar surface area (TPSA) is 164 Å². The van der Waals surface area contributed by atoms with Crippen molar-refractivity contribution in [1.29, 1.82) is 0 Å². The van der Waals surface area contributed by atoms with E-state index in [1.165, 1.54) is 11.3 Å². The number of para-hydroxylation sites is 2. The van der Waals surface area contributed by atoms with E-state index in [0.29, 0.717) is 50.0 Å². The summed E-state index contributed by atoms with van der Waals surface area (Å²) in [7, 11) is 0. The van der Waals surface area contributed by atoms with Crippen molar-refractivity contribution in [2.75, 3.05) is 6.61 Å². The maximum Gasteiger partial charge on any atom is 1.00 e. The monoisotopic (exact) mass is 942 g/mol. The summed E-state index contributed by atoms with van der Waals surface area (Å²) < 4.78 is 20.9. The maximum atomic E-state index is 11.9. The standard InChI is InChI=1S/C26H24ClNO3S.C24H20ClNO3S.Na.H2O/c1-2-30-26(29)13-20-7-3-4-9-23(20)31-16-18-11-21(19-8-5-6-17(10-19)15-28)22-14-25(27)32-24(22)12-18;25-23-12-20-19(17-6-3-4-15(8-17)13-26)9-16(10-22(20)30-23)14-29-21-7-2-1-5-18(21)11-24(27)28;;/h3-12,14H,2,13,15-16,28H2,1H3;1-10,12H,11,13-14,26H2,(H,27,28);;1H2/q;;+1;/p-1. The first-order valence-electron chi connectivity index (χ1n) is 19.9. The van der Waals surface area contributed by atoms with Crippen LogP contribution < -0.4 is 50.5 Å². The fourth-order valence-corrected chi connectivity index (χ4v) is 9.61. The zero-order valence-electron chi connectivity index (χ0n) is 35.3. The number of rotatable bonds is 15. The Morgan fingerprint density at radius 1 is 0.594 bits per heavy atom. The number of hydrogen-bond acceptors (Lipinski definition) is 10. The molecule has 0 saturated heterocycles. The second-order valence-corrected chi connectivity index (χ2v) is 17.8. The molecule has 324 valence electrons. The largest absolute Gasteiger partial charge is 1.00 e. The van der Waals surface area contributed by atoms with E-state index in [1.807, 2.05) is 72.8 Å². The fraction of sp³-hybridized carbons (Fsp3) is 0.160. The first-order chi connectivity index (χ1) is 30.1. The molecule has 0 saturated carbocycles. The van der Waals surface area contributed by atoms with Crippen LogP contribution in [0.4, 0.5) is 0 Å². The average Bonchev–Trinajstić information content (AvgIpc) is 3.85. The number of ether oxygens (including phenoxy) is 3. The van der Waals surface area contributed by atoms with Crippen LogP contribution in [0.2, 0.25) is 8.67 Å². The van der Waals surface area contributed by atoms with E-state index in [1.54, 1.807) is 30.4 Å². The van der Waals surface area contributed by atoms with Crippen LogP contribution in [-0.4, -0.2) is 29.1 Å². The van der Waals surface area contributed by atoms with Crippen molar-refractivity contribution in [2.45, 2.75) is 46.1 Å². The van der Waals surface area contributed by atoms with E-state index < -0.39 is 5.97 Å². The molecule has 0 atom stereocenters. The van der Waals surface area contributed by atoms with Crippen LogP contribution in [0, 0.1) is 0 Å². The van der Waals surface area contributed by atoms with E-state index >= 15 is 0 Å². The predicted molar refractivity (Wildman–Crippen MR) is 255 cm³/mol. The number of benzene rings is 6. The number of esters is 1. The number of carboxylic acid groups (broad SMARTS) is 1. The second kappa shape index (κ2) is 24.0. The summed E-state index contributed by atoms with van der Waals surface area (Å²) in [4.78, 5) is 23.1. The zero-order valence-corrected chi connectivity index (χ0v) is 40.5. The van der Waals surface area contributed by atoms with Gasteiger partial charge in [-0.1, -0.05) is 96.0 Å². The van der Waals surface area contributed by atoms with Crippen molar-refractivity contribution >= 4 is 78.0 Å². The Balaban J connectivity index is 0.000000234. The smallest absolute Gasteiger partial charge is 0.870 e. The molecular formula is C50H45Cl2N2NaO7S2. The molecule has 2 heterocycles. The summed E-state index contributed by atoms with van der Waals surface area (Å²) in [5, 5.41) is 11.3. The molecule has 0 aliphatic carbocycles. The summed E-state index contributed by atoms with van der Waals surface area (Å²) in [6, 6.07) is 43.6. The average molecular weight is 944 g/mol. The SMILES string of the molecule is CCOC(=O)Cc1ccccc1OCc1cc(-c2cccc(CN)c2)c2cc(Cl)sc2c1.NCc1cccc(-c2cc(COc3ccccc3CC(=O)O)cc3sc(Cl)cc23)c1.[Na+].[OH-]. The number of hydrogen-bond donors (Lipinski definition) is 3. The minimum atomic E-state index is -0.886. The number of fused-ring (bicyclic) bond motifs is 2. The molecule has 0 unspecified atom stereocenters. The van der Waals surface area contributed by atoms with Gasteiger partial charge in [0.2, 0.25) is 0 Å². The van der Waals surface area contributed by atoms with Gasteiger partial charge in [-0.15, -0.1) is 22.7 Å². The van der Waals surface area contributed by atoms with E-state index in [0.717, 1.165) is 78.9 Å². The van der Waals surface area contributed by atoms with Crippen molar-refractivity contribution in [3.63, 3.8) is 0 Å². The van der Waals surface area contributed by atoms with Gasteiger partial charge in [0.15, 0.2) is 0 Å². The molecule has 9 nitrogen and oxygen atoms in total. The Bertz CT molecular complexity index is 2870. The summed E-state index contributed by atoms with van der Waals surface area (Å²) in [6.07, 6.45) is 0.105. The number of nitrogens with two attached hydrogens (primary N) is 2. The molecule has 8 rings (SSSR count). The first kappa shape index (κ1) is 50.2. The zero-order chi connectivity index (χ0) is 43.6. The molecule has 2 aromatic heterocycles. The van der Waals surface area contributed by atoms with Gasteiger partial charge in [0, 0.05) is 44.4 Å². The van der Waals surface area contributed by atoms with Gasteiger partial charge in [-0.25, -0.2) is 0 Å². The molecule has 0 amide bonds. The quantitative estimate of drug-likeness (QED) is 0.0672. The molecule has 0 bridgehead atoms. The van der Waals surface area contributed by atoms with Crippen LogP contribution >= 0.6 is 45.9 Å². The molecule has 0 radical (unpaired) electrons. The van der Waals surface area contributed by atoms with Crippen LogP contribution in [0.5, 0.6) is 11.5 Å². The number of carbonyl (C=O) groups excluding carboxylic acids is 1. The summed E-state index contributed by atoms with van der Waals surface area (Å²) in [5.74, 6) is 0.107. The van der Waals surface area contributed by atoms with Crippen LogP contribution in [0.25, 0.3) is 42.4 Å². The molecule has 64 heavy (non-hydrogen) atoms. The summed E-state index contributed by atoms with van der Waals surface area (Å²) >= 11 is 15.7. The number of thiophene rings is 2. The Labute approximate surface area is 412 Å². The Kier molecular flexibility index (Phi) is 18.8. The number of carboxylic acids is 1. The first-order valence-corrected chi connectivity index (χ1v) is 22.3. The Morgan fingerprint density at radius 3 is 1.48 bits per heavy atom. The van der Waals surface area contributed by atoms with E-state index in [2.05, 4.69) is 48.5 Å². The molecule has 6 N–H and O–H groups in total. The predicted octanol–water partition coefficient (Wildman–Crippen LogP) is 9.08. The summed E-state index contributed by atoms with van der Waals surface area (Å²) in [6.45, 7) is 3.82. The summed E-state index contributed by atoms with van der Waals surface area (Å²) in [5.41, 5.74) is 21.6. The van der Waals surface area contributed by atoms with Crippen molar-refractivity contribution < 1.29 is 63.9 Å². The van der Waals surface area contributed by atoms with Gasteiger partial charge in [-0.3, -0.25) is 9.59 Å². The molecule has 0 fully saturated rings. The van der Waals surface area contributed by atoms with Crippen LogP contribution in [0.1, 0.15) is 40.3 Å². The third kappa shape index (κ3) is 12.9. The van der Waals surface area contributed by atoms with Crippen molar-refractivity contribution in [3.8, 4) is 33.8 Å². The molecule has 0 spiro atoms. The van der Waals surface area contributed by atoms with Gasteiger partial charge >= 0.3 is 41.5 Å². The molecular weight excluding hydrogens is 899 g/mol. The van der Waals surface area contributed by atoms with Crippen LogP contribution in [-0.2, 0) is 53.5 Å². The second-order valence-electron chi connectivity index (χ2n) is 14.4. The minimum absolute atomic E-state index is 0. The molecule has 8 aromatic rings. The van der Waals surface area contributed by atoms with Gasteiger partial charge in [0.05, 0.1) is 28.1 Å². The third-order valence-corrected chi connectivity index (χ3v) is 12.4. The van der Waals surface area contributed by atoms with Gasteiger partial charge in [0.25, 0.3) is 0 Å². The van der Waals surface area contributed by atoms with Crippen LogP contribution in [0.3, 0.4) is 0 Å². The molecule has 0 aliphatic rings. The van der Waals surface area contributed by atoms with Gasteiger partial charge in [-0.2, -0.15) is 0 Å². The van der Waals surface area contributed by atoms with Gasteiger partial charge in [-0.05, 0) is 112 Å². The van der Waals surface area contributed by atoms with Gasteiger partial charge < -0.3 is 36.3 Å². The van der Waals surface area contributed by atoms with Crippen LogP contribution in [0.15, 0.2) is 133 Å². The Morgan fingerprint density at radius 2 is 1.05 bits per heavy atom. The van der Waals surface area contributed by atoms with Gasteiger partial charge in [0.1, 0.15) is 24.7 Å². The third-order valence-electron chi connectivity index (χ3n) is 10.00. The molecule has 6 aromatic carbocycles. The van der Waals surface area contributed by atoms with E-state index in [9.17, 15) is 9.59 Å². The maximum absolute atomic E-state index is 11.9. The molecule has 14 heteroatoms. The van der Waals surface area contributed by atoms with Crippen molar-refractivity contribution in [2.24, 2.45) is 11.5 Å². The molecule has 0 aliphatic heterocycles. The number of halogens is 2. The van der Waals surface area contributed by atoms with E-state index in [4.69, 9.17) is 54.0 Å².